The first-order chi connectivity index (χ1) is 15.2. The van der Waals surface area contributed by atoms with Crippen LogP contribution in [0.4, 0.5) is 14.9 Å². The minimum atomic E-state index is -0.796. The maximum Gasteiger partial charge on any atom is 0.335 e. The molecule has 1 fully saturated rings. The lowest BCUT2D eigenvalue weighted by Crippen LogP contribution is -2.54. The van der Waals surface area contributed by atoms with Crippen molar-refractivity contribution >= 4 is 45.5 Å². The number of halogens is 2. The normalized spacial score (nSPS) is 15.5. The zero-order chi connectivity index (χ0) is 23.2. The lowest BCUT2D eigenvalue weighted by molar-refractivity contribution is -0.122. The number of benzene rings is 2. The number of carbonyl (C=O) groups is 3. The molecule has 0 saturated carbocycles. The molecule has 4 rings (SSSR count). The largest absolute Gasteiger partial charge is 0.335 e. The third-order valence-electron chi connectivity index (χ3n) is 5.36. The van der Waals surface area contributed by atoms with Crippen molar-refractivity contribution in [3.63, 3.8) is 0 Å². The van der Waals surface area contributed by atoms with Crippen molar-refractivity contribution in [2.75, 3.05) is 4.90 Å². The van der Waals surface area contributed by atoms with E-state index in [4.69, 9.17) is 0 Å². The van der Waals surface area contributed by atoms with E-state index in [1.807, 2.05) is 31.4 Å². The summed E-state index contributed by atoms with van der Waals surface area (Å²) in [5, 5.41) is 2.24. The van der Waals surface area contributed by atoms with Gasteiger partial charge in [0.2, 0.25) is 0 Å². The van der Waals surface area contributed by atoms with Gasteiger partial charge in [0.25, 0.3) is 11.8 Å². The van der Waals surface area contributed by atoms with Crippen LogP contribution < -0.4 is 10.2 Å². The van der Waals surface area contributed by atoms with E-state index in [1.54, 1.807) is 30.3 Å². The number of hydrogen-bond acceptors (Lipinski definition) is 3. The lowest BCUT2D eigenvalue weighted by atomic mass is 10.1. The molecule has 6 nitrogen and oxygen atoms in total. The van der Waals surface area contributed by atoms with E-state index in [9.17, 15) is 18.8 Å². The van der Waals surface area contributed by atoms with Crippen LogP contribution in [0, 0.1) is 26.6 Å². The third-order valence-corrected chi connectivity index (χ3v) is 6.25. The molecule has 0 bridgehead atoms. The second-order valence-corrected chi connectivity index (χ2v) is 8.38. The molecule has 8 heteroatoms. The third kappa shape index (κ3) is 3.78. The Morgan fingerprint density at radius 2 is 1.59 bits per heavy atom. The summed E-state index contributed by atoms with van der Waals surface area (Å²) in [4.78, 5) is 39.1. The molecule has 2 aromatic carbocycles. The Hall–Kier alpha value is -3.52. The molecule has 2 heterocycles. The predicted molar refractivity (Wildman–Crippen MR) is 123 cm³/mol. The van der Waals surface area contributed by atoms with Gasteiger partial charge in [-0.1, -0.05) is 15.9 Å². The molecule has 0 radical (unpaired) electrons. The summed E-state index contributed by atoms with van der Waals surface area (Å²) >= 11 is 3.40. The van der Waals surface area contributed by atoms with Gasteiger partial charge in [0.05, 0.1) is 5.69 Å². The molecule has 0 atom stereocenters. The number of anilines is 1. The topological polar surface area (TPSA) is 71.4 Å². The maximum absolute atomic E-state index is 13.3. The molecule has 0 aliphatic carbocycles. The number of amides is 4. The van der Waals surface area contributed by atoms with Crippen LogP contribution in [0.1, 0.15) is 22.5 Å². The van der Waals surface area contributed by atoms with Gasteiger partial charge in [-0.15, -0.1) is 0 Å². The number of carbonyl (C=O) groups excluding carboxylic acids is 3. The molecule has 1 aromatic heterocycles. The van der Waals surface area contributed by atoms with Gasteiger partial charge in [-0.25, -0.2) is 14.1 Å². The van der Waals surface area contributed by atoms with Gasteiger partial charge >= 0.3 is 6.03 Å². The lowest BCUT2D eigenvalue weighted by Gasteiger charge is -2.26. The summed E-state index contributed by atoms with van der Waals surface area (Å²) in [6, 6.07) is 12.1. The van der Waals surface area contributed by atoms with Crippen LogP contribution in [0.25, 0.3) is 11.8 Å². The highest BCUT2D eigenvalue weighted by Gasteiger charge is 2.37. The van der Waals surface area contributed by atoms with E-state index in [0.717, 1.165) is 32.0 Å². The molecule has 4 amide bonds. The Labute approximate surface area is 192 Å². The monoisotopic (exact) mass is 495 g/mol. The van der Waals surface area contributed by atoms with Crippen LogP contribution in [-0.4, -0.2) is 22.4 Å². The Morgan fingerprint density at radius 3 is 2.25 bits per heavy atom. The quantitative estimate of drug-likeness (QED) is 0.411. The Bertz CT molecular complexity index is 1310. The number of rotatable bonds is 3. The van der Waals surface area contributed by atoms with Crippen LogP contribution in [0.5, 0.6) is 0 Å². The number of aryl methyl sites for hydroxylation is 2. The summed E-state index contributed by atoms with van der Waals surface area (Å²) in [5.74, 6) is -1.79. The van der Waals surface area contributed by atoms with Gasteiger partial charge in [-0.05, 0) is 86.5 Å². The summed E-state index contributed by atoms with van der Waals surface area (Å²) in [6.07, 6.45) is 1.48. The Kier molecular flexibility index (Phi) is 5.56. The van der Waals surface area contributed by atoms with Crippen molar-refractivity contribution in [2.45, 2.75) is 20.8 Å². The maximum atomic E-state index is 13.3. The molecule has 162 valence electrons. The van der Waals surface area contributed by atoms with Gasteiger partial charge in [-0.2, -0.15) is 0 Å². The average molecular weight is 496 g/mol. The molecule has 0 spiro atoms. The zero-order valence-corrected chi connectivity index (χ0v) is 19.2. The smallest absolute Gasteiger partial charge is 0.318 e. The highest BCUT2D eigenvalue weighted by molar-refractivity contribution is 9.10. The second kappa shape index (κ2) is 8.20. The fraction of sp³-hybridized carbons (Fsp3) is 0.125. The van der Waals surface area contributed by atoms with Crippen molar-refractivity contribution in [1.82, 2.24) is 9.88 Å². The number of nitrogens with zero attached hydrogens (tertiary/aromatic N) is 2. The number of urea groups is 1. The zero-order valence-electron chi connectivity index (χ0n) is 17.6. The summed E-state index contributed by atoms with van der Waals surface area (Å²) in [6.45, 7) is 5.56. The number of imide groups is 2. The fourth-order valence-electron chi connectivity index (χ4n) is 3.74. The van der Waals surface area contributed by atoms with Crippen molar-refractivity contribution in [3.05, 3.63) is 86.9 Å². The van der Waals surface area contributed by atoms with E-state index in [2.05, 4.69) is 21.2 Å². The van der Waals surface area contributed by atoms with Crippen LogP contribution in [0.2, 0.25) is 0 Å². The van der Waals surface area contributed by atoms with Crippen LogP contribution >= 0.6 is 15.9 Å². The molecule has 1 N–H and O–H groups in total. The molecule has 3 aromatic rings. The van der Waals surface area contributed by atoms with Crippen LogP contribution in [0.15, 0.2) is 58.6 Å². The first-order valence-electron chi connectivity index (χ1n) is 9.80. The average Bonchev–Trinajstić information content (AvgIpc) is 3.01. The molecule has 1 saturated heterocycles. The second-order valence-electron chi connectivity index (χ2n) is 7.53. The fourth-order valence-corrected chi connectivity index (χ4v) is 3.98. The molecular formula is C24H19BrFN3O3. The first-order valence-corrected chi connectivity index (χ1v) is 10.6. The SMILES string of the molecule is Cc1cc(N2C(=O)NC(=O)/C(=C\c3cc(C)n(-c4ccc(F)cc4)c3C)C2=O)ccc1Br. The first kappa shape index (κ1) is 21.7. The summed E-state index contributed by atoms with van der Waals surface area (Å²) in [7, 11) is 0. The molecule has 1 aliphatic rings. The summed E-state index contributed by atoms with van der Waals surface area (Å²) in [5.41, 5.74) is 4.08. The number of hydrogen-bond donors (Lipinski definition) is 1. The van der Waals surface area contributed by atoms with Crippen molar-refractivity contribution in [2.24, 2.45) is 0 Å². The summed E-state index contributed by atoms with van der Waals surface area (Å²) < 4.78 is 16.1. The highest BCUT2D eigenvalue weighted by Crippen LogP contribution is 2.28. The minimum Gasteiger partial charge on any atom is -0.318 e. The standard InChI is InChI=1S/C24H19BrFN3O3/c1-13-10-19(8-9-21(13)25)29-23(31)20(22(30)27-24(29)32)12-16-11-14(2)28(15(16)3)18-6-4-17(26)5-7-18/h4-12H,1-3H3,(H,27,30,32)/b20-12+. The molecule has 32 heavy (non-hydrogen) atoms. The highest BCUT2D eigenvalue weighted by atomic mass is 79.9. The number of aromatic nitrogens is 1. The van der Waals surface area contributed by atoms with Crippen LogP contribution in [0.3, 0.4) is 0 Å². The van der Waals surface area contributed by atoms with E-state index < -0.39 is 17.8 Å². The van der Waals surface area contributed by atoms with Gasteiger partial charge < -0.3 is 4.57 Å². The van der Waals surface area contributed by atoms with Crippen molar-refractivity contribution in [3.8, 4) is 5.69 Å². The van der Waals surface area contributed by atoms with Gasteiger partial charge in [0, 0.05) is 21.5 Å². The van der Waals surface area contributed by atoms with Crippen LogP contribution in [-0.2, 0) is 9.59 Å². The number of barbiturate groups is 1. The van der Waals surface area contributed by atoms with Gasteiger partial charge in [0.15, 0.2) is 0 Å². The molecule has 1 aliphatic heterocycles. The van der Waals surface area contributed by atoms with Crippen molar-refractivity contribution in [1.29, 1.82) is 0 Å². The number of nitrogens with one attached hydrogen (secondary N) is 1. The van der Waals surface area contributed by atoms with E-state index in [0.29, 0.717) is 11.3 Å². The Morgan fingerprint density at radius 1 is 0.938 bits per heavy atom. The molecule has 0 unspecified atom stereocenters. The van der Waals surface area contributed by atoms with E-state index in [-0.39, 0.29) is 11.4 Å². The van der Waals surface area contributed by atoms with Crippen molar-refractivity contribution < 1.29 is 18.8 Å². The van der Waals surface area contributed by atoms with Gasteiger partial charge in [-0.3, -0.25) is 14.9 Å². The Balaban J connectivity index is 1.76. The van der Waals surface area contributed by atoms with E-state index in [1.165, 1.54) is 18.2 Å². The van der Waals surface area contributed by atoms with Gasteiger partial charge in [0.1, 0.15) is 11.4 Å². The minimum absolute atomic E-state index is 0.149. The van der Waals surface area contributed by atoms with E-state index >= 15 is 0 Å². The molecular weight excluding hydrogens is 477 g/mol. The predicted octanol–water partition coefficient (Wildman–Crippen LogP) is 4.97.